The van der Waals surface area contributed by atoms with Crippen LogP contribution in [0.5, 0.6) is 11.5 Å². The van der Waals surface area contributed by atoms with Crippen molar-refractivity contribution in [2.24, 2.45) is 10.8 Å². The summed E-state index contributed by atoms with van der Waals surface area (Å²) in [6.07, 6.45) is 3.92. The highest BCUT2D eigenvalue weighted by molar-refractivity contribution is 7.46. The Morgan fingerprint density at radius 3 is 2.37 bits per heavy atom. The van der Waals surface area contributed by atoms with E-state index in [4.69, 9.17) is 14.0 Å². The van der Waals surface area contributed by atoms with E-state index < -0.39 is 19.2 Å². The van der Waals surface area contributed by atoms with Gasteiger partial charge in [0, 0.05) is 60.9 Å². The Kier molecular flexibility index (Phi) is 13.0. The maximum Gasteiger partial charge on any atom is 0.469 e. The van der Waals surface area contributed by atoms with E-state index in [2.05, 4.69) is 76.9 Å². The van der Waals surface area contributed by atoms with Crippen LogP contribution in [-0.4, -0.2) is 99.0 Å². The van der Waals surface area contributed by atoms with Gasteiger partial charge >= 0.3 is 7.82 Å². The first-order valence-electron chi connectivity index (χ1n) is 17.8. The summed E-state index contributed by atoms with van der Waals surface area (Å²) in [7, 11) is -3.07. The van der Waals surface area contributed by atoms with Crippen LogP contribution in [0.4, 0.5) is 21.0 Å². The van der Waals surface area contributed by atoms with Gasteiger partial charge in [-0.15, -0.1) is 11.3 Å². The zero-order valence-corrected chi connectivity index (χ0v) is 33.6. The van der Waals surface area contributed by atoms with E-state index in [1.54, 1.807) is 19.4 Å². The third-order valence-electron chi connectivity index (χ3n) is 9.85. The molecule has 5 rings (SSSR count). The van der Waals surface area contributed by atoms with E-state index in [-0.39, 0.29) is 29.8 Å². The lowest BCUT2D eigenvalue weighted by atomic mass is 9.59. The number of amides is 1. The summed E-state index contributed by atoms with van der Waals surface area (Å²) in [5, 5.41) is 7.17. The van der Waals surface area contributed by atoms with E-state index in [0.717, 1.165) is 44.0 Å². The van der Waals surface area contributed by atoms with E-state index in [0.29, 0.717) is 45.6 Å². The molecule has 1 saturated heterocycles. The number of aromatic nitrogens is 3. The van der Waals surface area contributed by atoms with Gasteiger partial charge in [0.2, 0.25) is 5.91 Å². The first-order valence-corrected chi connectivity index (χ1v) is 20.1. The van der Waals surface area contributed by atoms with Gasteiger partial charge in [-0.1, -0.05) is 47.6 Å². The van der Waals surface area contributed by atoms with Crippen molar-refractivity contribution in [1.82, 2.24) is 24.8 Å². The Hall–Kier alpha value is -3.76. The van der Waals surface area contributed by atoms with Crippen LogP contribution in [0.1, 0.15) is 52.8 Å². The molecule has 0 bridgehead atoms. The Labute approximate surface area is 319 Å². The van der Waals surface area contributed by atoms with Crippen LogP contribution >= 0.6 is 19.2 Å². The molecule has 2 aromatic heterocycles. The largest absolute Gasteiger partial charge is 0.493 e. The van der Waals surface area contributed by atoms with Gasteiger partial charge in [0.15, 0.2) is 16.6 Å². The molecule has 4 aromatic rings. The molecule has 1 amide bonds. The molecule has 54 heavy (non-hydrogen) atoms. The van der Waals surface area contributed by atoms with Gasteiger partial charge in [0.25, 0.3) is 0 Å². The van der Waals surface area contributed by atoms with E-state index in [1.807, 2.05) is 12.1 Å². The number of hydrogen-bond donors (Lipinski definition) is 4. The quantitative estimate of drug-likeness (QED) is 0.0763. The predicted molar refractivity (Wildman–Crippen MR) is 208 cm³/mol. The van der Waals surface area contributed by atoms with Gasteiger partial charge in [-0.05, 0) is 41.5 Å². The number of phosphoric acid groups is 1. The maximum atomic E-state index is 13.5. The van der Waals surface area contributed by atoms with Crippen LogP contribution in [0.2, 0.25) is 0 Å². The van der Waals surface area contributed by atoms with Crippen LogP contribution in [0.3, 0.4) is 0 Å². The highest BCUT2D eigenvalue weighted by atomic mass is 32.1. The van der Waals surface area contributed by atoms with Crippen molar-refractivity contribution in [3.05, 3.63) is 59.6 Å². The third-order valence-corrected chi connectivity index (χ3v) is 11.2. The summed E-state index contributed by atoms with van der Waals surface area (Å²) in [6.45, 7) is 16.9. The maximum absolute atomic E-state index is 13.5. The van der Waals surface area contributed by atoms with Gasteiger partial charge in [0.1, 0.15) is 18.0 Å². The molecular weight excluding hydrogens is 736 g/mol. The van der Waals surface area contributed by atoms with Gasteiger partial charge < -0.3 is 34.8 Å². The number of carbonyl (C=O) groups is 1. The topological polar surface area (TPSA) is 171 Å². The van der Waals surface area contributed by atoms with E-state index >= 15 is 0 Å². The minimum Gasteiger partial charge on any atom is -0.493 e. The minimum atomic E-state index is -4.65. The Balaban J connectivity index is 1.16. The number of nitrogens with zero attached hydrogens (tertiary/aromatic N) is 5. The fourth-order valence-electron chi connectivity index (χ4n) is 7.51. The molecule has 1 aliphatic heterocycles. The number of anilines is 3. The summed E-state index contributed by atoms with van der Waals surface area (Å²) in [5.74, 6) is 0.899. The zero-order valence-electron chi connectivity index (χ0n) is 31.9. The van der Waals surface area contributed by atoms with Crippen molar-refractivity contribution < 1.29 is 37.5 Å². The standard InChI is InChI=1S/C37H51FN7O7PS/c1-35(2,3)37(36(4,5)6,23-52-53(47,48)49)45-15-13-44(14-16-45)12-9-17-51-31-21-29-28(20-30(31)50-7)33(41-24-40-29)43-34-39-22-27(54-34)19-32(46)42-26-11-8-10-25(38)18-26/h8,10-11,18,20-22,24H,9,12-17,19,23H2,1-7H3,(H,42,46)(H2,47,48,49)(H,39,40,41,43). The molecule has 0 saturated carbocycles. The molecule has 17 heteroatoms. The second-order valence-corrected chi connectivity index (χ2v) is 17.7. The summed E-state index contributed by atoms with van der Waals surface area (Å²) < 4.78 is 42.4. The van der Waals surface area contributed by atoms with Crippen molar-refractivity contribution in [3.8, 4) is 11.5 Å². The Morgan fingerprint density at radius 2 is 1.72 bits per heavy atom. The summed E-state index contributed by atoms with van der Waals surface area (Å²) >= 11 is 1.31. The number of piperazine rings is 1. The SMILES string of the molecule is COc1cc2c(Nc3ncc(CC(=O)Nc4cccc(F)c4)s3)ncnc2cc1OCCCN1CCN(C(COP(=O)(O)O)(C(C)(C)C)C(C)(C)C)CC1. The average molecular weight is 788 g/mol. The molecule has 0 unspecified atom stereocenters. The average Bonchev–Trinajstić information content (AvgIpc) is 3.51. The lowest BCUT2D eigenvalue weighted by Crippen LogP contribution is -2.70. The molecule has 1 fully saturated rings. The highest BCUT2D eigenvalue weighted by Crippen LogP contribution is 2.51. The molecule has 294 valence electrons. The third kappa shape index (κ3) is 10.1. The van der Waals surface area contributed by atoms with Crippen LogP contribution in [0, 0.1) is 16.6 Å². The van der Waals surface area contributed by atoms with Crippen molar-refractivity contribution in [3.63, 3.8) is 0 Å². The molecule has 0 atom stereocenters. The number of nitrogens with one attached hydrogen (secondary N) is 2. The number of carbonyl (C=O) groups excluding carboxylic acids is 1. The molecule has 14 nitrogen and oxygen atoms in total. The Bertz CT molecular complexity index is 1940. The number of benzene rings is 2. The number of halogens is 1. The zero-order chi connectivity index (χ0) is 39.3. The van der Waals surface area contributed by atoms with Gasteiger partial charge in [-0.3, -0.25) is 14.2 Å². The fourth-order valence-corrected chi connectivity index (χ4v) is 8.68. The van der Waals surface area contributed by atoms with Crippen LogP contribution in [-0.2, 0) is 20.3 Å². The number of fused-ring (bicyclic) bond motifs is 1. The normalized spacial score (nSPS) is 15.0. The van der Waals surface area contributed by atoms with Gasteiger partial charge in [-0.2, -0.15) is 0 Å². The first kappa shape index (κ1) is 41.4. The van der Waals surface area contributed by atoms with Crippen LogP contribution < -0.4 is 20.1 Å². The number of ether oxygens (including phenoxy) is 2. The van der Waals surface area contributed by atoms with Crippen molar-refractivity contribution in [2.45, 2.75) is 59.9 Å². The summed E-state index contributed by atoms with van der Waals surface area (Å²) in [5.41, 5.74) is -0.231. The number of rotatable bonds is 15. The molecule has 1 aliphatic rings. The molecular formula is C37H51FN7O7PS. The lowest BCUT2D eigenvalue weighted by molar-refractivity contribution is -0.129. The van der Waals surface area contributed by atoms with Crippen LogP contribution in [0.15, 0.2) is 48.9 Å². The van der Waals surface area contributed by atoms with Crippen LogP contribution in [0.25, 0.3) is 10.9 Å². The smallest absolute Gasteiger partial charge is 0.469 e. The number of phosphoric ester groups is 1. The van der Waals surface area contributed by atoms with E-state index in [9.17, 15) is 23.5 Å². The predicted octanol–water partition coefficient (Wildman–Crippen LogP) is 6.49. The first-order chi connectivity index (χ1) is 25.4. The molecule has 3 heterocycles. The van der Waals surface area contributed by atoms with E-state index in [1.165, 1.54) is 35.9 Å². The molecule has 4 N–H and O–H groups in total. The summed E-state index contributed by atoms with van der Waals surface area (Å²) in [6, 6.07) is 9.38. The van der Waals surface area contributed by atoms with Crippen molar-refractivity contribution >= 4 is 52.6 Å². The molecule has 2 aromatic carbocycles. The fraction of sp³-hybridized carbons (Fsp3) is 0.514. The monoisotopic (exact) mass is 787 g/mol. The second-order valence-electron chi connectivity index (χ2n) is 15.4. The second kappa shape index (κ2) is 16.9. The number of thiazole rings is 1. The Morgan fingerprint density at radius 1 is 1.00 bits per heavy atom. The van der Waals surface area contributed by atoms with Gasteiger partial charge in [0.05, 0.1) is 37.8 Å². The summed E-state index contributed by atoms with van der Waals surface area (Å²) in [4.78, 5) is 50.4. The van der Waals surface area contributed by atoms with Crippen molar-refractivity contribution in [2.75, 3.05) is 63.7 Å². The molecule has 0 radical (unpaired) electrons. The molecule has 0 aliphatic carbocycles. The number of hydrogen-bond acceptors (Lipinski definition) is 12. The highest BCUT2D eigenvalue weighted by Gasteiger charge is 2.55. The lowest BCUT2D eigenvalue weighted by Gasteiger charge is -2.60. The number of methoxy groups -OCH3 is 1. The van der Waals surface area contributed by atoms with Gasteiger partial charge in [-0.25, -0.2) is 23.9 Å². The van der Waals surface area contributed by atoms with Crippen molar-refractivity contribution in [1.29, 1.82) is 0 Å². The minimum absolute atomic E-state index is 0.0689. The molecule has 0 spiro atoms.